The lowest BCUT2D eigenvalue weighted by atomic mass is 9.94. The van der Waals surface area contributed by atoms with Crippen molar-refractivity contribution in [1.82, 2.24) is 15.1 Å². The number of carbonyl (C=O) groups is 1. The molecule has 3 rings (SSSR count). The molecule has 148 valence electrons. The number of carbonyl (C=O) groups excluding carboxylic acids is 1. The monoisotopic (exact) mass is 390 g/mol. The smallest absolute Gasteiger partial charge is 0.276 e. The second kappa shape index (κ2) is 9.38. The molecule has 2 heterocycles. The molecular weight excluding hydrogens is 360 g/mol. The number of anilines is 1. The molecule has 5 nitrogen and oxygen atoms in total. The summed E-state index contributed by atoms with van der Waals surface area (Å²) in [5.74, 6) is 0.665. The van der Waals surface area contributed by atoms with E-state index >= 15 is 0 Å². The van der Waals surface area contributed by atoms with Crippen LogP contribution in [0, 0.1) is 0 Å². The molecule has 1 aromatic heterocycles. The van der Waals surface area contributed by atoms with Gasteiger partial charge in [-0.1, -0.05) is 39.8 Å². The largest absolute Gasteiger partial charge is 0.320 e. The average Bonchev–Trinajstić information content (AvgIpc) is 3.12. The van der Waals surface area contributed by atoms with E-state index in [2.05, 4.69) is 55.6 Å². The molecule has 1 aliphatic rings. The van der Waals surface area contributed by atoms with Crippen LogP contribution in [0.3, 0.4) is 0 Å². The Kier molecular flexibility index (Phi) is 7.45. The predicted molar refractivity (Wildman–Crippen MR) is 113 cm³/mol. The maximum atomic E-state index is 12.7. The molecule has 1 atom stereocenters. The highest BCUT2D eigenvalue weighted by Crippen LogP contribution is 2.28. The molecule has 0 spiro atoms. The normalized spacial score (nSPS) is 17.0. The average molecular weight is 391 g/mol. The number of benzene rings is 1. The molecule has 1 unspecified atom stereocenters. The van der Waals surface area contributed by atoms with Gasteiger partial charge in [-0.2, -0.15) is 5.10 Å². The van der Waals surface area contributed by atoms with Crippen molar-refractivity contribution in [2.45, 2.75) is 58.4 Å². The van der Waals surface area contributed by atoms with Gasteiger partial charge in [0.1, 0.15) is 0 Å². The molecule has 6 heteroatoms. The van der Waals surface area contributed by atoms with Crippen molar-refractivity contribution in [3.8, 4) is 0 Å². The maximum absolute atomic E-state index is 12.7. The fourth-order valence-corrected chi connectivity index (χ4v) is 3.44. The molecule has 1 aliphatic heterocycles. The lowest BCUT2D eigenvalue weighted by Gasteiger charge is -2.22. The molecule has 0 aliphatic carbocycles. The SMILES string of the molecule is CC(C)c1ccc(NC(=O)c2ccn(C3CCCNC3)n2)c(C(C)C)c1.Cl. The van der Waals surface area contributed by atoms with Crippen LogP contribution in [0.15, 0.2) is 30.5 Å². The molecule has 27 heavy (non-hydrogen) atoms. The summed E-state index contributed by atoms with van der Waals surface area (Å²) in [5.41, 5.74) is 3.81. The molecule has 1 fully saturated rings. The van der Waals surface area contributed by atoms with Crippen LogP contribution in [0.1, 0.15) is 80.0 Å². The summed E-state index contributed by atoms with van der Waals surface area (Å²) in [5, 5.41) is 11.0. The lowest BCUT2D eigenvalue weighted by molar-refractivity contribution is 0.102. The molecule has 1 aromatic carbocycles. The minimum Gasteiger partial charge on any atom is -0.320 e. The third-order valence-corrected chi connectivity index (χ3v) is 5.10. The van der Waals surface area contributed by atoms with E-state index in [1.54, 1.807) is 0 Å². The van der Waals surface area contributed by atoms with E-state index in [-0.39, 0.29) is 18.3 Å². The number of hydrogen-bond donors (Lipinski definition) is 2. The van der Waals surface area contributed by atoms with Crippen molar-refractivity contribution in [3.05, 3.63) is 47.3 Å². The Bertz CT molecular complexity index is 763. The van der Waals surface area contributed by atoms with Gasteiger partial charge in [0.25, 0.3) is 5.91 Å². The van der Waals surface area contributed by atoms with Gasteiger partial charge in [-0.3, -0.25) is 9.48 Å². The highest BCUT2D eigenvalue weighted by molar-refractivity contribution is 6.03. The molecule has 2 aromatic rings. The van der Waals surface area contributed by atoms with Crippen molar-refractivity contribution < 1.29 is 4.79 Å². The zero-order chi connectivity index (χ0) is 18.7. The van der Waals surface area contributed by atoms with Crippen LogP contribution in [-0.2, 0) is 0 Å². The van der Waals surface area contributed by atoms with Crippen LogP contribution in [0.25, 0.3) is 0 Å². The van der Waals surface area contributed by atoms with E-state index in [1.165, 1.54) is 11.1 Å². The lowest BCUT2D eigenvalue weighted by Crippen LogP contribution is -2.32. The van der Waals surface area contributed by atoms with Crippen LogP contribution in [-0.4, -0.2) is 28.8 Å². The van der Waals surface area contributed by atoms with Gasteiger partial charge in [-0.15, -0.1) is 12.4 Å². The van der Waals surface area contributed by atoms with Gasteiger partial charge in [0.2, 0.25) is 0 Å². The topological polar surface area (TPSA) is 59.0 Å². The van der Waals surface area contributed by atoms with Gasteiger partial charge < -0.3 is 10.6 Å². The Morgan fingerprint density at radius 1 is 1.22 bits per heavy atom. The summed E-state index contributed by atoms with van der Waals surface area (Å²) in [6.45, 7) is 10.7. The fourth-order valence-electron chi connectivity index (χ4n) is 3.44. The Labute approximate surface area is 168 Å². The number of halogens is 1. The number of nitrogens with zero attached hydrogens (tertiary/aromatic N) is 2. The number of nitrogens with one attached hydrogen (secondary N) is 2. The third kappa shape index (κ3) is 5.11. The summed E-state index contributed by atoms with van der Waals surface area (Å²) in [6, 6.07) is 8.46. The predicted octanol–water partition coefficient (Wildman–Crippen LogP) is 4.73. The first kappa shape index (κ1) is 21.5. The minimum absolute atomic E-state index is 0. The van der Waals surface area contributed by atoms with Crippen molar-refractivity contribution in [2.75, 3.05) is 18.4 Å². The zero-order valence-electron chi connectivity index (χ0n) is 16.7. The van der Waals surface area contributed by atoms with E-state index in [0.717, 1.165) is 31.6 Å². The van der Waals surface area contributed by atoms with Crippen molar-refractivity contribution in [3.63, 3.8) is 0 Å². The fraction of sp³-hybridized carbons (Fsp3) is 0.524. The molecule has 1 saturated heterocycles. The van der Waals surface area contributed by atoms with Gasteiger partial charge in [-0.25, -0.2) is 0 Å². The molecule has 0 radical (unpaired) electrons. The Morgan fingerprint density at radius 3 is 2.63 bits per heavy atom. The minimum atomic E-state index is -0.147. The van der Waals surface area contributed by atoms with Gasteiger partial charge in [0, 0.05) is 18.4 Å². The zero-order valence-corrected chi connectivity index (χ0v) is 17.5. The first-order valence-corrected chi connectivity index (χ1v) is 9.66. The van der Waals surface area contributed by atoms with Gasteiger partial charge in [0.05, 0.1) is 6.04 Å². The van der Waals surface area contributed by atoms with E-state index in [0.29, 0.717) is 23.6 Å². The van der Waals surface area contributed by atoms with Crippen molar-refractivity contribution in [2.24, 2.45) is 0 Å². The van der Waals surface area contributed by atoms with E-state index in [1.807, 2.05) is 23.0 Å². The van der Waals surface area contributed by atoms with Crippen LogP contribution < -0.4 is 10.6 Å². The summed E-state index contributed by atoms with van der Waals surface area (Å²) < 4.78 is 1.92. The number of hydrogen-bond acceptors (Lipinski definition) is 3. The first-order valence-electron chi connectivity index (χ1n) is 9.66. The second-order valence-corrected chi connectivity index (χ2v) is 7.79. The van der Waals surface area contributed by atoms with Gasteiger partial charge in [0.15, 0.2) is 5.69 Å². The van der Waals surface area contributed by atoms with Crippen LogP contribution in [0.5, 0.6) is 0 Å². The third-order valence-electron chi connectivity index (χ3n) is 5.10. The highest BCUT2D eigenvalue weighted by Gasteiger charge is 2.19. The quantitative estimate of drug-likeness (QED) is 0.775. The number of amides is 1. The number of aromatic nitrogens is 2. The Morgan fingerprint density at radius 2 is 2.00 bits per heavy atom. The van der Waals surface area contributed by atoms with E-state index < -0.39 is 0 Å². The van der Waals surface area contributed by atoms with E-state index in [4.69, 9.17) is 0 Å². The molecule has 0 bridgehead atoms. The van der Waals surface area contributed by atoms with Crippen LogP contribution in [0.2, 0.25) is 0 Å². The second-order valence-electron chi connectivity index (χ2n) is 7.79. The van der Waals surface area contributed by atoms with Crippen molar-refractivity contribution in [1.29, 1.82) is 0 Å². The van der Waals surface area contributed by atoms with Gasteiger partial charge >= 0.3 is 0 Å². The van der Waals surface area contributed by atoms with E-state index in [9.17, 15) is 4.79 Å². The number of rotatable bonds is 5. The summed E-state index contributed by atoms with van der Waals surface area (Å²) in [4.78, 5) is 12.7. The summed E-state index contributed by atoms with van der Waals surface area (Å²) in [7, 11) is 0. The Balaban J connectivity index is 0.00000261. The number of piperidine rings is 1. The summed E-state index contributed by atoms with van der Waals surface area (Å²) in [6.07, 6.45) is 4.16. The van der Waals surface area contributed by atoms with Gasteiger partial charge in [-0.05, 0) is 54.5 Å². The van der Waals surface area contributed by atoms with Crippen LogP contribution >= 0.6 is 12.4 Å². The maximum Gasteiger partial charge on any atom is 0.276 e. The summed E-state index contributed by atoms with van der Waals surface area (Å²) >= 11 is 0. The van der Waals surface area contributed by atoms with Crippen LogP contribution in [0.4, 0.5) is 5.69 Å². The molecule has 1 amide bonds. The van der Waals surface area contributed by atoms with Crippen molar-refractivity contribution >= 4 is 24.0 Å². The highest BCUT2D eigenvalue weighted by atomic mass is 35.5. The standard InChI is InChI=1S/C21H30N4O.ClH/c1-14(2)16-7-8-19(18(12-16)15(3)4)23-21(26)20-9-11-25(24-20)17-6-5-10-22-13-17;/h7-9,11-12,14-15,17,22H,5-6,10,13H2,1-4H3,(H,23,26);1H. The molecular formula is C21H31ClN4O. The first-order chi connectivity index (χ1) is 12.5. The molecule has 2 N–H and O–H groups in total. The Hall–Kier alpha value is -1.85. The molecule has 0 saturated carbocycles.